The fourth-order valence-electron chi connectivity index (χ4n) is 2.81. The summed E-state index contributed by atoms with van der Waals surface area (Å²) in [5.41, 5.74) is 6.27. The highest BCUT2D eigenvalue weighted by molar-refractivity contribution is 7.99. The smallest absolute Gasteiger partial charge is 0.0666 e. The molecule has 3 heteroatoms. The minimum Gasteiger partial charge on any atom is -0.377 e. The average Bonchev–Trinajstić information content (AvgIpc) is 2.83. The Hall–Kier alpha value is 0.270. The molecule has 2 unspecified atom stereocenters. The van der Waals surface area contributed by atoms with Gasteiger partial charge in [-0.15, -0.1) is 0 Å². The van der Waals surface area contributed by atoms with E-state index in [0.717, 1.165) is 24.0 Å². The zero-order chi connectivity index (χ0) is 11.2. The van der Waals surface area contributed by atoms with Crippen molar-refractivity contribution in [1.29, 1.82) is 0 Å². The van der Waals surface area contributed by atoms with Gasteiger partial charge in [0.2, 0.25) is 0 Å². The molecule has 0 amide bonds. The summed E-state index contributed by atoms with van der Waals surface area (Å²) in [4.78, 5) is 0. The zero-order valence-corrected chi connectivity index (χ0v) is 11.0. The minimum absolute atomic E-state index is 0.423. The standard InChI is InChI=1S/C13H25NOS/c14-13(11-5-2-1-3-6-11)10-16-9-12-7-4-8-15-12/h11-13H,1-10,14H2. The summed E-state index contributed by atoms with van der Waals surface area (Å²) in [7, 11) is 0. The van der Waals surface area contributed by atoms with Crippen molar-refractivity contribution in [2.45, 2.75) is 57.1 Å². The molecule has 1 aliphatic carbocycles. The molecule has 2 fully saturated rings. The van der Waals surface area contributed by atoms with Crippen molar-refractivity contribution < 1.29 is 4.74 Å². The van der Waals surface area contributed by atoms with E-state index in [1.807, 2.05) is 11.8 Å². The number of rotatable bonds is 5. The summed E-state index contributed by atoms with van der Waals surface area (Å²) in [5.74, 6) is 3.08. The molecule has 1 heterocycles. The molecule has 2 aliphatic rings. The Bertz CT molecular complexity index is 188. The SMILES string of the molecule is NC(CSCC1CCCO1)C1CCCCC1. The van der Waals surface area contributed by atoms with Crippen molar-refractivity contribution in [3.8, 4) is 0 Å². The first kappa shape index (κ1) is 12.7. The molecule has 2 N–H and O–H groups in total. The van der Waals surface area contributed by atoms with E-state index in [4.69, 9.17) is 10.5 Å². The molecule has 0 aromatic carbocycles. The number of hydrogen-bond donors (Lipinski definition) is 1. The lowest BCUT2D eigenvalue weighted by molar-refractivity contribution is 0.129. The number of ether oxygens (including phenoxy) is 1. The van der Waals surface area contributed by atoms with Crippen molar-refractivity contribution >= 4 is 11.8 Å². The van der Waals surface area contributed by atoms with Crippen molar-refractivity contribution in [2.75, 3.05) is 18.1 Å². The maximum absolute atomic E-state index is 6.27. The second-order valence-corrected chi connectivity index (χ2v) is 6.31. The van der Waals surface area contributed by atoms with Gasteiger partial charge in [-0.25, -0.2) is 0 Å². The van der Waals surface area contributed by atoms with Crippen molar-refractivity contribution in [2.24, 2.45) is 11.7 Å². The van der Waals surface area contributed by atoms with E-state index in [0.29, 0.717) is 12.1 Å². The van der Waals surface area contributed by atoms with Crippen LogP contribution in [0.25, 0.3) is 0 Å². The summed E-state index contributed by atoms with van der Waals surface area (Å²) in [6, 6.07) is 0.423. The van der Waals surface area contributed by atoms with Gasteiger partial charge in [0, 0.05) is 24.2 Å². The van der Waals surface area contributed by atoms with Crippen LogP contribution in [-0.4, -0.2) is 30.3 Å². The summed E-state index contributed by atoms with van der Waals surface area (Å²) in [5, 5.41) is 0. The Morgan fingerprint density at radius 3 is 2.62 bits per heavy atom. The molecule has 2 rings (SSSR count). The Kier molecular flexibility index (Phi) is 5.46. The monoisotopic (exact) mass is 243 g/mol. The summed E-state index contributed by atoms with van der Waals surface area (Å²) >= 11 is 2.00. The normalized spacial score (nSPS) is 29.4. The first-order valence-corrected chi connectivity index (χ1v) is 7.96. The molecule has 1 saturated heterocycles. The highest BCUT2D eigenvalue weighted by Crippen LogP contribution is 2.27. The van der Waals surface area contributed by atoms with Gasteiger partial charge < -0.3 is 10.5 Å². The lowest BCUT2D eigenvalue weighted by atomic mass is 9.85. The van der Waals surface area contributed by atoms with Crippen LogP contribution < -0.4 is 5.73 Å². The van der Waals surface area contributed by atoms with Gasteiger partial charge in [0.15, 0.2) is 0 Å². The lowest BCUT2D eigenvalue weighted by Crippen LogP contribution is -2.34. The van der Waals surface area contributed by atoms with Gasteiger partial charge >= 0.3 is 0 Å². The van der Waals surface area contributed by atoms with E-state index in [2.05, 4.69) is 0 Å². The van der Waals surface area contributed by atoms with Crippen LogP contribution in [0, 0.1) is 5.92 Å². The van der Waals surface area contributed by atoms with E-state index >= 15 is 0 Å². The highest BCUT2D eigenvalue weighted by Gasteiger charge is 2.21. The van der Waals surface area contributed by atoms with E-state index in [1.165, 1.54) is 44.9 Å². The summed E-state index contributed by atoms with van der Waals surface area (Å²) < 4.78 is 5.62. The molecule has 0 aromatic rings. The van der Waals surface area contributed by atoms with Gasteiger partial charge in [-0.1, -0.05) is 19.3 Å². The van der Waals surface area contributed by atoms with Crippen LogP contribution in [0.2, 0.25) is 0 Å². The molecule has 0 spiro atoms. The third-order valence-corrected chi connectivity index (χ3v) is 5.12. The third-order valence-electron chi connectivity index (χ3n) is 3.89. The molecule has 0 bridgehead atoms. The van der Waals surface area contributed by atoms with E-state index in [-0.39, 0.29) is 0 Å². The molecule has 1 saturated carbocycles. The van der Waals surface area contributed by atoms with E-state index < -0.39 is 0 Å². The average molecular weight is 243 g/mol. The van der Waals surface area contributed by atoms with E-state index in [1.54, 1.807) is 0 Å². The second-order valence-electron chi connectivity index (χ2n) is 5.23. The fourth-order valence-corrected chi connectivity index (χ4v) is 4.02. The molecule has 0 aromatic heterocycles. The largest absolute Gasteiger partial charge is 0.377 e. The van der Waals surface area contributed by atoms with E-state index in [9.17, 15) is 0 Å². The van der Waals surface area contributed by atoms with Gasteiger partial charge in [0.1, 0.15) is 0 Å². The van der Waals surface area contributed by atoms with Crippen molar-refractivity contribution in [1.82, 2.24) is 0 Å². The Morgan fingerprint density at radius 2 is 1.94 bits per heavy atom. The predicted molar refractivity (Wildman–Crippen MR) is 70.8 cm³/mol. The fraction of sp³-hybridized carbons (Fsp3) is 1.00. The third kappa shape index (κ3) is 3.94. The molecule has 0 radical (unpaired) electrons. The Morgan fingerprint density at radius 1 is 1.12 bits per heavy atom. The topological polar surface area (TPSA) is 35.2 Å². The minimum atomic E-state index is 0.423. The number of hydrogen-bond acceptors (Lipinski definition) is 3. The van der Waals surface area contributed by atoms with Crippen LogP contribution in [0.1, 0.15) is 44.9 Å². The maximum atomic E-state index is 6.27. The molecule has 2 nitrogen and oxygen atoms in total. The van der Waals surface area contributed by atoms with Gasteiger partial charge in [0.25, 0.3) is 0 Å². The van der Waals surface area contributed by atoms with Crippen LogP contribution in [0.5, 0.6) is 0 Å². The molecule has 94 valence electrons. The predicted octanol–water partition coefficient (Wildman–Crippen LogP) is 2.81. The molecule has 16 heavy (non-hydrogen) atoms. The van der Waals surface area contributed by atoms with Crippen molar-refractivity contribution in [3.05, 3.63) is 0 Å². The van der Waals surface area contributed by atoms with Crippen molar-refractivity contribution in [3.63, 3.8) is 0 Å². The van der Waals surface area contributed by atoms with Crippen LogP contribution in [0.4, 0.5) is 0 Å². The van der Waals surface area contributed by atoms with Crippen LogP contribution >= 0.6 is 11.8 Å². The van der Waals surface area contributed by atoms with Gasteiger partial charge in [0.05, 0.1) is 6.10 Å². The number of thioether (sulfide) groups is 1. The Balaban J connectivity index is 1.57. The molecular weight excluding hydrogens is 218 g/mol. The molecule has 1 aliphatic heterocycles. The van der Waals surface area contributed by atoms with Crippen LogP contribution in [-0.2, 0) is 4.74 Å². The zero-order valence-electron chi connectivity index (χ0n) is 10.2. The molecular formula is C13H25NOS. The second kappa shape index (κ2) is 6.87. The highest BCUT2D eigenvalue weighted by atomic mass is 32.2. The summed E-state index contributed by atoms with van der Waals surface area (Å²) in [6.45, 7) is 0.972. The quantitative estimate of drug-likeness (QED) is 0.806. The van der Waals surface area contributed by atoms with Crippen LogP contribution in [0.15, 0.2) is 0 Å². The first-order chi connectivity index (χ1) is 7.86. The maximum Gasteiger partial charge on any atom is 0.0666 e. The van der Waals surface area contributed by atoms with Gasteiger partial charge in [-0.3, -0.25) is 0 Å². The first-order valence-electron chi connectivity index (χ1n) is 6.81. The molecule has 2 atom stereocenters. The lowest BCUT2D eigenvalue weighted by Gasteiger charge is -2.27. The Labute approximate surface area is 104 Å². The van der Waals surface area contributed by atoms with Gasteiger partial charge in [-0.2, -0.15) is 11.8 Å². The number of nitrogens with two attached hydrogens (primary N) is 1. The van der Waals surface area contributed by atoms with Crippen LogP contribution in [0.3, 0.4) is 0 Å². The van der Waals surface area contributed by atoms with Gasteiger partial charge in [-0.05, 0) is 31.6 Å². The summed E-state index contributed by atoms with van der Waals surface area (Å²) in [6.07, 6.45) is 9.97.